The molecule has 1 aromatic rings. The predicted octanol–water partition coefficient (Wildman–Crippen LogP) is 1.89. The van der Waals surface area contributed by atoms with E-state index in [2.05, 4.69) is 10.6 Å². The number of benzene rings is 1. The number of halogens is 3. The van der Waals surface area contributed by atoms with Crippen LogP contribution in [0, 0.1) is 0 Å². The number of hydrogen-bond donors (Lipinski definition) is 2. The average Bonchev–Trinajstić information content (AvgIpc) is 2.93. The van der Waals surface area contributed by atoms with Crippen molar-refractivity contribution in [1.82, 2.24) is 10.6 Å². The van der Waals surface area contributed by atoms with Crippen LogP contribution in [0.1, 0.15) is 18.0 Å². The van der Waals surface area contributed by atoms with Crippen molar-refractivity contribution in [3.05, 3.63) is 28.8 Å². The van der Waals surface area contributed by atoms with Crippen LogP contribution in [0.15, 0.2) is 18.2 Å². The second-order valence-electron chi connectivity index (χ2n) is 5.05. The average molecular weight is 303 g/mol. The van der Waals surface area contributed by atoms with Crippen molar-refractivity contribution < 1.29 is 18.3 Å². The molecule has 108 valence electrons. The molecule has 2 N–H and O–H groups in total. The summed E-state index contributed by atoms with van der Waals surface area (Å²) in [6.45, 7) is -0.181. The zero-order valence-electron chi connectivity index (χ0n) is 10.5. The van der Waals surface area contributed by atoms with Crippen LogP contribution < -0.4 is 15.4 Å². The molecule has 2 aliphatic heterocycles. The standard InChI is InChI=1S/C13H13ClF2N2O2/c14-7-1-2-11-8(3-7)10(5-20-11)18-12(19)9-4-13(15,16)6-17-9/h1-3,9-10,17H,4-6H2,(H,18,19). The first kappa shape index (κ1) is 13.6. The fraction of sp³-hybridized carbons (Fsp3) is 0.462. The normalized spacial score (nSPS) is 26.9. The van der Waals surface area contributed by atoms with Gasteiger partial charge in [0.25, 0.3) is 5.92 Å². The summed E-state index contributed by atoms with van der Waals surface area (Å²) >= 11 is 5.91. The van der Waals surface area contributed by atoms with E-state index in [0.717, 1.165) is 5.56 Å². The quantitative estimate of drug-likeness (QED) is 0.877. The van der Waals surface area contributed by atoms with Crippen LogP contribution in [0.3, 0.4) is 0 Å². The second-order valence-corrected chi connectivity index (χ2v) is 5.48. The smallest absolute Gasteiger partial charge is 0.262 e. The molecule has 1 aromatic carbocycles. The number of fused-ring (bicyclic) bond motifs is 1. The SMILES string of the molecule is O=C(NC1COc2ccc(Cl)cc21)C1CC(F)(F)CN1. The minimum absolute atomic E-state index is 0.282. The maximum Gasteiger partial charge on any atom is 0.262 e. The van der Waals surface area contributed by atoms with Crippen molar-refractivity contribution in [1.29, 1.82) is 0 Å². The molecule has 1 saturated heterocycles. The van der Waals surface area contributed by atoms with Gasteiger partial charge in [-0.1, -0.05) is 11.6 Å². The van der Waals surface area contributed by atoms with Crippen molar-refractivity contribution in [2.45, 2.75) is 24.4 Å². The van der Waals surface area contributed by atoms with Gasteiger partial charge in [0.05, 0.1) is 18.6 Å². The Labute approximate surface area is 119 Å². The van der Waals surface area contributed by atoms with E-state index in [1.54, 1.807) is 18.2 Å². The summed E-state index contributed by atoms with van der Waals surface area (Å²) in [6, 6.07) is 3.92. The second kappa shape index (κ2) is 4.86. The van der Waals surface area contributed by atoms with Crippen LogP contribution in [0.4, 0.5) is 8.78 Å². The van der Waals surface area contributed by atoms with E-state index >= 15 is 0 Å². The molecule has 0 spiro atoms. The highest BCUT2D eigenvalue weighted by atomic mass is 35.5. The van der Waals surface area contributed by atoms with Crippen molar-refractivity contribution in [2.75, 3.05) is 13.2 Å². The van der Waals surface area contributed by atoms with Crippen LogP contribution in [-0.2, 0) is 4.79 Å². The summed E-state index contributed by atoms with van der Waals surface area (Å²) in [6.07, 6.45) is -0.477. The maximum absolute atomic E-state index is 13.1. The lowest BCUT2D eigenvalue weighted by molar-refractivity contribution is -0.124. The fourth-order valence-electron chi connectivity index (χ4n) is 2.48. The maximum atomic E-state index is 13.1. The number of hydrogen-bond acceptors (Lipinski definition) is 3. The Morgan fingerprint density at radius 3 is 3.00 bits per heavy atom. The van der Waals surface area contributed by atoms with Gasteiger partial charge in [0, 0.05) is 17.0 Å². The molecular formula is C13H13ClF2N2O2. The lowest BCUT2D eigenvalue weighted by Crippen LogP contribution is -2.42. The molecule has 2 unspecified atom stereocenters. The van der Waals surface area contributed by atoms with Crippen LogP contribution in [0.5, 0.6) is 5.75 Å². The third kappa shape index (κ3) is 2.58. The number of carbonyl (C=O) groups is 1. The Bertz CT molecular complexity index is 553. The first-order valence-corrected chi connectivity index (χ1v) is 6.66. The van der Waals surface area contributed by atoms with Crippen LogP contribution in [0.25, 0.3) is 0 Å². The van der Waals surface area contributed by atoms with Crippen molar-refractivity contribution in [3.63, 3.8) is 0 Å². The number of nitrogens with one attached hydrogen (secondary N) is 2. The van der Waals surface area contributed by atoms with Gasteiger partial charge in [0.2, 0.25) is 5.91 Å². The van der Waals surface area contributed by atoms with E-state index in [-0.39, 0.29) is 12.6 Å². The third-order valence-electron chi connectivity index (χ3n) is 3.50. The van der Waals surface area contributed by atoms with Gasteiger partial charge in [-0.25, -0.2) is 8.78 Å². The zero-order chi connectivity index (χ0) is 14.3. The Morgan fingerprint density at radius 1 is 1.50 bits per heavy atom. The van der Waals surface area contributed by atoms with Gasteiger partial charge in [-0.2, -0.15) is 0 Å². The molecule has 2 atom stereocenters. The fourth-order valence-corrected chi connectivity index (χ4v) is 2.66. The van der Waals surface area contributed by atoms with E-state index in [1.165, 1.54) is 0 Å². The highest BCUT2D eigenvalue weighted by Crippen LogP contribution is 2.34. The Balaban J connectivity index is 1.68. The summed E-state index contributed by atoms with van der Waals surface area (Å²) in [5.41, 5.74) is 0.774. The van der Waals surface area contributed by atoms with Gasteiger partial charge >= 0.3 is 0 Å². The number of amides is 1. The molecule has 0 bridgehead atoms. The highest BCUT2D eigenvalue weighted by molar-refractivity contribution is 6.30. The summed E-state index contributed by atoms with van der Waals surface area (Å²) in [4.78, 5) is 12.0. The summed E-state index contributed by atoms with van der Waals surface area (Å²) in [5.74, 6) is -2.61. The van der Waals surface area contributed by atoms with Crippen LogP contribution in [-0.4, -0.2) is 31.0 Å². The Morgan fingerprint density at radius 2 is 2.30 bits per heavy atom. The molecular weight excluding hydrogens is 290 g/mol. The lowest BCUT2D eigenvalue weighted by atomic mass is 10.1. The molecule has 4 nitrogen and oxygen atoms in total. The van der Waals surface area contributed by atoms with Crippen molar-refractivity contribution >= 4 is 17.5 Å². The van der Waals surface area contributed by atoms with E-state index in [1.807, 2.05) is 0 Å². The van der Waals surface area contributed by atoms with Crippen LogP contribution >= 0.6 is 11.6 Å². The first-order chi connectivity index (χ1) is 9.44. The Kier molecular flexibility index (Phi) is 3.30. The number of carbonyl (C=O) groups excluding carboxylic acids is 1. The highest BCUT2D eigenvalue weighted by Gasteiger charge is 2.43. The number of rotatable bonds is 2. The van der Waals surface area contributed by atoms with Gasteiger partial charge in [-0.05, 0) is 18.2 Å². The van der Waals surface area contributed by atoms with Gasteiger partial charge < -0.3 is 10.1 Å². The Hall–Kier alpha value is -1.40. The molecule has 20 heavy (non-hydrogen) atoms. The molecule has 0 saturated carbocycles. The van der Waals surface area contributed by atoms with Gasteiger partial charge in [0.15, 0.2) is 0 Å². The van der Waals surface area contributed by atoms with E-state index in [9.17, 15) is 13.6 Å². The monoisotopic (exact) mass is 302 g/mol. The van der Waals surface area contributed by atoms with Gasteiger partial charge in [0.1, 0.15) is 12.4 Å². The summed E-state index contributed by atoms with van der Waals surface area (Å²) < 4.78 is 31.6. The molecule has 2 heterocycles. The molecule has 7 heteroatoms. The van der Waals surface area contributed by atoms with Gasteiger partial charge in [-0.15, -0.1) is 0 Å². The van der Waals surface area contributed by atoms with Crippen molar-refractivity contribution in [3.8, 4) is 5.75 Å². The molecule has 1 amide bonds. The summed E-state index contributed by atoms with van der Waals surface area (Å²) in [7, 11) is 0. The van der Waals surface area contributed by atoms with Gasteiger partial charge in [-0.3, -0.25) is 10.1 Å². The largest absolute Gasteiger partial charge is 0.491 e. The predicted molar refractivity (Wildman–Crippen MR) is 69.2 cm³/mol. The van der Waals surface area contributed by atoms with E-state index < -0.39 is 30.8 Å². The minimum atomic E-state index is -2.82. The topological polar surface area (TPSA) is 50.4 Å². The minimum Gasteiger partial charge on any atom is -0.491 e. The molecule has 2 aliphatic rings. The molecule has 0 radical (unpaired) electrons. The first-order valence-electron chi connectivity index (χ1n) is 6.28. The number of alkyl halides is 2. The van der Waals surface area contributed by atoms with Crippen LogP contribution in [0.2, 0.25) is 5.02 Å². The van der Waals surface area contributed by atoms with E-state index in [0.29, 0.717) is 10.8 Å². The molecule has 1 fully saturated rings. The van der Waals surface area contributed by atoms with E-state index in [4.69, 9.17) is 16.3 Å². The molecule has 0 aromatic heterocycles. The van der Waals surface area contributed by atoms with Crippen molar-refractivity contribution in [2.24, 2.45) is 0 Å². The molecule has 3 rings (SSSR count). The lowest BCUT2D eigenvalue weighted by Gasteiger charge is -2.15. The third-order valence-corrected chi connectivity index (χ3v) is 3.73. The zero-order valence-corrected chi connectivity index (χ0v) is 11.2. The number of ether oxygens (including phenoxy) is 1. The summed E-state index contributed by atoms with van der Waals surface area (Å²) in [5, 5.41) is 5.79. The molecule has 0 aliphatic carbocycles.